The summed E-state index contributed by atoms with van der Waals surface area (Å²) in [6, 6.07) is 15.0. The molecular formula is C33H38F6N6O5. The summed E-state index contributed by atoms with van der Waals surface area (Å²) in [7, 11) is 1.42. The van der Waals surface area contributed by atoms with E-state index in [4.69, 9.17) is 5.11 Å². The molecular weight excluding hydrogens is 674 g/mol. The van der Waals surface area contributed by atoms with Crippen molar-refractivity contribution >= 4 is 35.2 Å². The molecule has 4 rings (SSSR count). The number of hydrogen-bond acceptors (Lipinski definition) is 6. The first-order valence-corrected chi connectivity index (χ1v) is 16.0. The lowest BCUT2D eigenvalue weighted by Crippen LogP contribution is -2.52. The molecule has 2 aromatic rings. The van der Waals surface area contributed by atoms with Gasteiger partial charge in [0.15, 0.2) is 0 Å². The number of benzene rings is 2. The predicted molar refractivity (Wildman–Crippen MR) is 170 cm³/mol. The Morgan fingerprint density at radius 2 is 1.42 bits per heavy atom. The van der Waals surface area contributed by atoms with Gasteiger partial charge in [-0.3, -0.25) is 19.3 Å². The third-order valence-corrected chi connectivity index (χ3v) is 8.70. The third kappa shape index (κ3) is 10.7. The number of benzodiazepines with no additional fused rings is 1. The molecule has 2 aliphatic heterocycles. The number of nitrogens with zero attached hydrogens (tertiary/aromatic N) is 3. The van der Waals surface area contributed by atoms with E-state index in [1.54, 1.807) is 59.5 Å². The predicted octanol–water partition coefficient (Wildman–Crippen LogP) is 4.67. The molecule has 2 aliphatic rings. The van der Waals surface area contributed by atoms with Crippen LogP contribution in [0.5, 0.6) is 0 Å². The number of likely N-dealkylation sites (N-methyl/N-ethyl adjacent to an activating group) is 1. The van der Waals surface area contributed by atoms with Crippen LogP contribution in [0.2, 0.25) is 0 Å². The molecule has 0 saturated carbocycles. The summed E-state index contributed by atoms with van der Waals surface area (Å²) in [6.45, 7) is 0.444. The van der Waals surface area contributed by atoms with Crippen molar-refractivity contribution < 1.29 is 50.6 Å². The number of alkyl halides is 6. The maximum Gasteiger partial charge on any atom is 0.404 e. The lowest BCUT2D eigenvalue weighted by molar-refractivity contribution is -0.153. The minimum atomic E-state index is -4.81. The van der Waals surface area contributed by atoms with Gasteiger partial charge in [0.25, 0.3) is 5.91 Å². The zero-order valence-electron chi connectivity index (χ0n) is 27.1. The Kier molecular flexibility index (Phi) is 12.5. The first-order valence-electron chi connectivity index (χ1n) is 16.0. The van der Waals surface area contributed by atoms with Gasteiger partial charge in [-0.15, -0.1) is 0 Å². The number of amides is 4. The lowest BCUT2D eigenvalue weighted by atomic mass is 9.83. The molecule has 2 aromatic carbocycles. The fourth-order valence-electron chi connectivity index (χ4n) is 6.08. The highest BCUT2D eigenvalue weighted by molar-refractivity contribution is 6.20. The fraction of sp³-hybridized carbons (Fsp3) is 0.485. The maximum absolute atomic E-state index is 13.9. The van der Waals surface area contributed by atoms with E-state index >= 15 is 0 Å². The molecule has 0 bridgehead atoms. The first kappa shape index (κ1) is 38.1. The monoisotopic (exact) mass is 712 g/mol. The van der Waals surface area contributed by atoms with Gasteiger partial charge in [-0.05, 0) is 31.7 Å². The van der Waals surface area contributed by atoms with E-state index in [2.05, 4.69) is 20.9 Å². The minimum Gasteiger partial charge on any atom is -0.465 e. The number of nitrogens with one attached hydrogen (secondary N) is 3. The zero-order chi connectivity index (χ0) is 36.6. The van der Waals surface area contributed by atoms with Crippen LogP contribution in [0.4, 0.5) is 36.8 Å². The van der Waals surface area contributed by atoms with Crippen LogP contribution in [-0.4, -0.2) is 90.9 Å². The Hall–Kier alpha value is -4.67. The second-order valence-corrected chi connectivity index (χ2v) is 12.2. The van der Waals surface area contributed by atoms with Gasteiger partial charge in [0.05, 0.1) is 18.1 Å². The molecule has 4 amide bonds. The molecule has 1 saturated heterocycles. The zero-order valence-corrected chi connectivity index (χ0v) is 27.1. The standard InChI is InChI=1S/C33H38F6N6O5/c1-44-25-10-6-5-9-24(25)26(20-7-3-2-4-8-20)42-27(30(44)48)43-29(47)23(12-16-33(37,38)39)22(11-15-32(34,35)36)28(46)40-19-45-17-13-21(14-18-45)41-31(49)50/h2-10,21-23,27,41H,11-19H2,1H3,(H,40,46)(H,43,47)(H,49,50)/t22-,23+,27+/m0/s1. The number of likely N-dealkylation sites (tertiary alicyclic amines) is 1. The van der Waals surface area contributed by atoms with Gasteiger partial charge in [-0.2, -0.15) is 26.3 Å². The number of fused-ring (bicyclic) bond motifs is 1. The van der Waals surface area contributed by atoms with E-state index in [0.717, 1.165) is 0 Å². The number of carboxylic acid groups (broad SMARTS) is 1. The number of anilines is 1. The number of carbonyl (C=O) groups excluding carboxylic acids is 3. The SMILES string of the molecule is CN1C(=O)[C@@H](NC(=O)[C@H](CCC(F)(F)F)[C@H](CCC(F)(F)F)C(=O)NCN2CCC(NC(=O)O)CC2)N=C(c2ccccc2)c2ccccc21. The normalized spacial score (nSPS) is 18.7. The van der Waals surface area contributed by atoms with Gasteiger partial charge in [-0.1, -0.05) is 48.5 Å². The smallest absolute Gasteiger partial charge is 0.404 e. The summed E-state index contributed by atoms with van der Waals surface area (Å²) in [6.07, 6.45) is -16.9. The van der Waals surface area contributed by atoms with Crippen molar-refractivity contribution in [2.75, 3.05) is 31.7 Å². The van der Waals surface area contributed by atoms with E-state index in [1.165, 1.54) is 11.9 Å². The quantitative estimate of drug-likeness (QED) is 0.236. The molecule has 272 valence electrons. The van der Waals surface area contributed by atoms with Crippen LogP contribution in [0.15, 0.2) is 59.6 Å². The second-order valence-electron chi connectivity index (χ2n) is 12.2. The molecule has 0 spiro atoms. The van der Waals surface area contributed by atoms with E-state index in [9.17, 15) is 45.5 Å². The molecule has 3 atom stereocenters. The number of halogens is 6. The molecule has 17 heteroatoms. The molecule has 0 aliphatic carbocycles. The largest absolute Gasteiger partial charge is 0.465 e. The highest BCUT2D eigenvalue weighted by atomic mass is 19.4. The number of hydrogen-bond donors (Lipinski definition) is 4. The van der Waals surface area contributed by atoms with Crippen molar-refractivity contribution in [2.45, 2.75) is 63.1 Å². The molecule has 2 heterocycles. The van der Waals surface area contributed by atoms with E-state index < -0.39 is 79.9 Å². The van der Waals surface area contributed by atoms with Crippen LogP contribution in [0.1, 0.15) is 49.7 Å². The molecule has 4 N–H and O–H groups in total. The van der Waals surface area contributed by atoms with Gasteiger partial charge in [-0.25, -0.2) is 9.79 Å². The minimum absolute atomic E-state index is 0.191. The van der Waals surface area contributed by atoms with Crippen LogP contribution < -0.4 is 20.9 Å². The van der Waals surface area contributed by atoms with Crippen LogP contribution in [-0.2, 0) is 14.4 Å². The Labute approximate surface area is 284 Å². The fourth-order valence-corrected chi connectivity index (χ4v) is 6.08. The molecule has 0 unspecified atom stereocenters. The maximum atomic E-state index is 13.9. The topological polar surface area (TPSA) is 143 Å². The van der Waals surface area contributed by atoms with Gasteiger partial charge in [0.2, 0.25) is 18.0 Å². The summed E-state index contributed by atoms with van der Waals surface area (Å²) in [5.74, 6) is -6.82. The Balaban J connectivity index is 1.62. The summed E-state index contributed by atoms with van der Waals surface area (Å²) >= 11 is 0. The summed E-state index contributed by atoms with van der Waals surface area (Å²) in [5, 5.41) is 16.1. The van der Waals surface area contributed by atoms with Crippen LogP contribution >= 0.6 is 0 Å². The molecule has 1 fully saturated rings. The average molecular weight is 713 g/mol. The summed E-state index contributed by atoms with van der Waals surface area (Å²) in [5.41, 5.74) is 1.78. The van der Waals surface area contributed by atoms with E-state index in [-0.39, 0.29) is 18.4 Å². The van der Waals surface area contributed by atoms with Crippen LogP contribution in [0.25, 0.3) is 0 Å². The van der Waals surface area contributed by atoms with Crippen molar-refractivity contribution in [1.82, 2.24) is 20.9 Å². The van der Waals surface area contributed by atoms with Crippen molar-refractivity contribution in [3.8, 4) is 0 Å². The van der Waals surface area contributed by atoms with Crippen molar-refractivity contribution in [2.24, 2.45) is 16.8 Å². The van der Waals surface area contributed by atoms with Gasteiger partial charge >= 0.3 is 18.4 Å². The number of piperidine rings is 1. The van der Waals surface area contributed by atoms with Crippen LogP contribution in [0.3, 0.4) is 0 Å². The Morgan fingerprint density at radius 1 is 0.860 bits per heavy atom. The molecule has 11 nitrogen and oxygen atoms in total. The summed E-state index contributed by atoms with van der Waals surface area (Å²) < 4.78 is 80.8. The van der Waals surface area contributed by atoms with Gasteiger partial charge in [0, 0.05) is 62.0 Å². The Morgan fingerprint density at radius 3 is 2.00 bits per heavy atom. The Bertz CT molecular complexity index is 1550. The molecule has 0 radical (unpaired) electrons. The van der Waals surface area contributed by atoms with E-state index in [1.807, 2.05) is 0 Å². The van der Waals surface area contributed by atoms with Gasteiger partial charge < -0.3 is 26.0 Å². The third-order valence-electron chi connectivity index (χ3n) is 8.70. The first-order chi connectivity index (χ1) is 23.5. The highest BCUT2D eigenvalue weighted by Crippen LogP contribution is 2.34. The van der Waals surface area contributed by atoms with Gasteiger partial charge in [0.1, 0.15) is 0 Å². The molecule has 50 heavy (non-hydrogen) atoms. The van der Waals surface area contributed by atoms with Crippen LogP contribution in [0, 0.1) is 11.8 Å². The highest BCUT2D eigenvalue weighted by Gasteiger charge is 2.42. The lowest BCUT2D eigenvalue weighted by Gasteiger charge is -2.33. The van der Waals surface area contributed by atoms with Crippen molar-refractivity contribution in [1.29, 1.82) is 0 Å². The summed E-state index contributed by atoms with van der Waals surface area (Å²) in [4.78, 5) is 59.3. The number of aliphatic imine (C=N–C) groups is 1. The number of rotatable bonds is 12. The molecule has 0 aromatic heterocycles. The average Bonchev–Trinajstić information content (AvgIpc) is 3.15. The van der Waals surface area contributed by atoms with Crippen molar-refractivity contribution in [3.63, 3.8) is 0 Å². The second kappa shape index (κ2) is 16.4. The van der Waals surface area contributed by atoms with Crippen molar-refractivity contribution in [3.05, 3.63) is 65.7 Å². The number of carbonyl (C=O) groups is 4. The van der Waals surface area contributed by atoms with E-state index in [0.29, 0.717) is 42.7 Å². The number of para-hydroxylation sites is 1.